The van der Waals surface area contributed by atoms with Crippen molar-refractivity contribution in [2.24, 2.45) is 0 Å². The van der Waals surface area contributed by atoms with E-state index in [4.69, 9.17) is 14.0 Å². The number of nitrogens with zero attached hydrogens (tertiary/aromatic N) is 2. The largest absolute Gasteiger partial charge is 0.494 e. The number of hydrogen-bond acceptors (Lipinski definition) is 6. The summed E-state index contributed by atoms with van der Waals surface area (Å²) in [6.45, 7) is 6.38. The second kappa shape index (κ2) is 8.49. The van der Waals surface area contributed by atoms with Crippen molar-refractivity contribution in [2.45, 2.75) is 33.6 Å². The molecular formula is C21H22N2O4. The van der Waals surface area contributed by atoms with Gasteiger partial charge >= 0.3 is 5.97 Å². The molecule has 0 saturated carbocycles. The molecule has 3 aromatic rings. The van der Waals surface area contributed by atoms with Gasteiger partial charge < -0.3 is 14.0 Å². The number of carbonyl (C=O) groups excluding carboxylic acids is 1. The van der Waals surface area contributed by atoms with Gasteiger partial charge in [0.2, 0.25) is 11.7 Å². The molecule has 0 bridgehead atoms. The van der Waals surface area contributed by atoms with Gasteiger partial charge in [-0.25, -0.2) is 0 Å². The number of rotatable bonds is 7. The molecule has 0 unspecified atom stereocenters. The summed E-state index contributed by atoms with van der Waals surface area (Å²) >= 11 is 0. The van der Waals surface area contributed by atoms with Crippen LogP contribution < -0.4 is 9.47 Å². The lowest BCUT2D eigenvalue weighted by Crippen LogP contribution is -2.10. The standard InChI is InChI=1S/C21H22N2O4/c1-4-25-17-10-8-16(9-11-17)21-22-18(27-23-21)12-13-19(24)26-20-14(2)6-5-7-15(20)3/h5-11H,4,12-13H2,1-3H3. The third kappa shape index (κ3) is 4.73. The average molecular weight is 366 g/mol. The highest BCUT2D eigenvalue weighted by molar-refractivity contribution is 5.73. The van der Waals surface area contributed by atoms with Crippen molar-refractivity contribution in [1.82, 2.24) is 10.1 Å². The third-order valence-corrected chi connectivity index (χ3v) is 4.06. The predicted molar refractivity (Wildman–Crippen MR) is 101 cm³/mol. The maximum absolute atomic E-state index is 12.1. The molecule has 1 aromatic heterocycles. The van der Waals surface area contributed by atoms with E-state index in [-0.39, 0.29) is 12.4 Å². The molecule has 0 aliphatic heterocycles. The first kappa shape index (κ1) is 18.6. The molecule has 0 saturated heterocycles. The second-order valence-corrected chi connectivity index (χ2v) is 6.16. The summed E-state index contributed by atoms with van der Waals surface area (Å²) in [5.74, 6) is 1.96. The lowest BCUT2D eigenvalue weighted by atomic mass is 10.1. The molecule has 2 aromatic carbocycles. The van der Waals surface area contributed by atoms with Gasteiger partial charge in [-0.1, -0.05) is 23.4 Å². The Hall–Kier alpha value is -3.15. The zero-order valence-corrected chi connectivity index (χ0v) is 15.7. The molecule has 0 radical (unpaired) electrons. The summed E-state index contributed by atoms with van der Waals surface area (Å²) in [6, 6.07) is 13.2. The van der Waals surface area contributed by atoms with Crippen LogP contribution in [0.1, 0.15) is 30.4 Å². The molecule has 140 valence electrons. The maximum Gasteiger partial charge on any atom is 0.311 e. The Morgan fingerprint density at radius 1 is 1.07 bits per heavy atom. The van der Waals surface area contributed by atoms with Gasteiger partial charge in [-0.15, -0.1) is 0 Å². The highest BCUT2D eigenvalue weighted by atomic mass is 16.5. The van der Waals surface area contributed by atoms with Crippen LogP contribution in [0.3, 0.4) is 0 Å². The lowest BCUT2D eigenvalue weighted by Gasteiger charge is -2.09. The number of benzene rings is 2. The van der Waals surface area contributed by atoms with E-state index in [0.717, 1.165) is 22.4 Å². The van der Waals surface area contributed by atoms with Gasteiger partial charge in [0.25, 0.3) is 0 Å². The van der Waals surface area contributed by atoms with Gasteiger partial charge in [-0.3, -0.25) is 4.79 Å². The second-order valence-electron chi connectivity index (χ2n) is 6.16. The first-order valence-electron chi connectivity index (χ1n) is 8.89. The van der Waals surface area contributed by atoms with Gasteiger partial charge in [0.05, 0.1) is 13.0 Å². The lowest BCUT2D eigenvalue weighted by molar-refractivity contribution is -0.134. The Bertz CT molecular complexity index is 896. The van der Waals surface area contributed by atoms with E-state index in [2.05, 4.69) is 10.1 Å². The van der Waals surface area contributed by atoms with Gasteiger partial charge in [0.15, 0.2) is 0 Å². The monoisotopic (exact) mass is 366 g/mol. The van der Waals surface area contributed by atoms with Crippen LogP contribution in [0.4, 0.5) is 0 Å². The van der Waals surface area contributed by atoms with Crippen molar-refractivity contribution in [2.75, 3.05) is 6.61 Å². The Labute approximate surface area is 158 Å². The van der Waals surface area contributed by atoms with Crippen LogP contribution in [0.5, 0.6) is 11.5 Å². The van der Waals surface area contributed by atoms with E-state index < -0.39 is 0 Å². The average Bonchev–Trinajstić information content (AvgIpc) is 3.13. The molecule has 0 N–H and O–H groups in total. The van der Waals surface area contributed by atoms with Crippen molar-refractivity contribution in [1.29, 1.82) is 0 Å². The zero-order chi connectivity index (χ0) is 19.2. The van der Waals surface area contributed by atoms with E-state index in [1.165, 1.54) is 0 Å². The molecule has 0 atom stereocenters. The Morgan fingerprint density at radius 3 is 2.44 bits per heavy atom. The molecule has 3 rings (SSSR count). The topological polar surface area (TPSA) is 74.5 Å². The zero-order valence-electron chi connectivity index (χ0n) is 15.7. The number of hydrogen-bond donors (Lipinski definition) is 0. The van der Waals surface area contributed by atoms with Crippen LogP contribution in [0, 0.1) is 13.8 Å². The first-order valence-corrected chi connectivity index (χ1v) is 8.89. The van der Waals surface area contributed by atoms with Gasteiger partial charge in [-0.05, 0) is 56.2 Å². The Kier molecular flexibility index (Phi) is 5.86. The summed E-state index contributed by atoms with van der Waals surface area (Å²) in [5, 5.41) is 3.97. The number of ether oxygens (including phenoxy) is 2. The van der Waals surface area contributed by atoms with Crippen molar-refractivity contribution in [3.63, 3.8) is 0 Å². The Balaban J connectivity index is 1.58. The van der Waals surface area contributed by atoms with Crippen LogP contribution in [0.25, 0.3) is 11.4 Å². The summed E-state index contributed by atoms with van der Waals surface area (Å²) in [4.78, 5) is 16.5. The molecule has 6 heteroatoms. The van der Waals surface area contributed by atoms with Gasteiger partial charge in [0, 0.05) is 12.0 Å². The van der Waals surface area contributed by atoms with Crippen molar-refractivity contribution >= 4 is 5.97 Å². The quantitative estimate of drug-likeness (QED) is 0.459. The molecule has 27 heavy (non-hydrogen) atoms. The molecule has 0 fully saturated rings. The molecule has 6 nitrogen and oxygen atoms in total. The first-order chi connectivity index (χ1) is 13.1. The normalized spacial score (nSPS) is 10.6. The van der Waals surface area contributed by atoms with Crippen LogP contribution >= 0.6 is 0 Å². The van der Waals surface area contributed by atoms with E-state index in [1.807, 2.05) is 63.2 Å². The van der Waals surface area contributed by atoms with Gasteiger partial charge in [-0.2, -0.15) is 4.98 Å². The minimum Gasteiger partial charge on any atom is -0.494 e. The van der Waals surface area contributed by atoms with Crippen LogP contribution in [-0.4, -0.2) is 22.7 Å². The van der Waals surface area contributed by atoms with E-state index in [1.54, 1.807) is 0 Å². The highest BCUT2D eigenvalue weighted by Gasteiger charge is 2.14. The third-order valence-electron chi connectivity index (χ3n) is 4.06. The van der Waals surface area contributed by atoms with E-state index in [9.17, 15) is 4.79 Å². The Morgan fingerprint density at radius 2 is 1.78 bits per heavy atom. The minimum absolute atomic E-state index is 0.165. The summed E-state index contributed by atoms with van der Waals surface area (Å²) < 4.78 is 16.1. The van der Waals surface area contributed by atoms with Crippen LogP contribution in [0.2, 0.25) is 0 Å². The molecule has 0 aliphatic carbocycles. The number of aryl methyl sites for hydroxylation is 3. The number of aromatic nitrogens is 2. The van der Waals surface area contributed by atoms with E-state index in [0.29, 0.717) is 30.5 Å². The summed E-state index contributed by atoms with van der Waals surface area (Å²) in [5.41, 5.74) is 2.68. The van der Waals surface area contributed by atoms with Crippen LogP contribution in [-0.2, 0) is 11.2 Å². The fraction of sp³-hybridized carbons (Fsp3) is 0.286. The van der Waals surface area contributed by atoms with Crippen LogP contribution in [0.15, 0.2) is 47.0 Å². The van der Waals surface area contributed by atoms with Crippen molar-refractivity contribution in [3.05, 3.63) is 59.5 Å². The van der Waals surface area contributed by atoms with Crippen molar-refractivity contribution in [3.8, 4) is 22.9 Å². The summed E-state index contributed by atoms with van der Waals surface area (Å²) in [7, 11) is 0. The summed E-state index contributed by atoms with van der Waals surface area (Å²) in [6.07, 6.45) is 0.493. The smallest absolute Gasteiger partial charge is 0.311 e. The fourth-order valence-corrected chi connectivity index (χ4v) is 2.67. The number of para-hydroxylation sites is 1. The van der Waals surface area contributed by atoms with Crippen molar-refractivity contribution < 1.29 is 18.8 Å². The SMILES string of the molecule is CCOc1ccc(-c2noc(CCC(=O)Oc3c(C)cccc3C)n2)cc1. The number of carbonyl (C=O) groups is 1. The van der Waals surface area contributed by atoms with Gasteiger partial charge in [0.1, 0.15) is 11.5 Å². The molecule has 0 spiro atoms. The number of esters is 1. The molecule has 0 aliphatic rings. The molecule has 0 amide bonds. The predicted octanol–water partition coefficient (Wildman–Crippen LogP) is 4.29. The fourth-order valence-electron chi connectivity index (χ4n) is 2.67. The van der Waals surface area contributed by atoms with E-state index >= 15 is 0 Å². The molecular weight excluding hydrogens is 344 g/mol. The minimum atomic E-state index is -0.326. The highest BCUT2D eigenvalue weighted by Crippen LogP contribution is 2.23. The molecule has 1 heterocycles. The maximum atomic E-state index is 12.1.